The Kier molecular flexibility index (Phi) is 4.10. The summed E-state index contributed by atoms with van der Waals surface area (Å²) in [6.45, 7) is 5.92. The topological polar surface area (TPSA) is 55.6 Å². The fraction of sp³-hybridized carbons (Fsp3) is 0.529. The van der Waals surface area contributed by atoms with E-state index in [0.717, 1.165) is 5.52 Å². The third-order valence-corrected chi connectivity index (χ3v) is 3.89. The molecular weight excluding hydrogens is 299 g/mol. The van der Waals surface area contributed by atoms with Crippen LogP contribution in [0.3, 0.4) is 0 Å². The van der Waals surface area contributed by atoms with Crippen molar-refractivity contribution in [2.75, 3.05) is 13.1 Å². The van der Waals surface area contributed by atoms with Gasteiger partial charge in [0.1, 0.15) is 24.4 Å². The third-order valence-electron chi connectivity index (χ3n) is 3.89. The standard InChI is InChI=1S/C17H21FN2O3/c1-17(2,3)16(21)20-8-11(18)14(9-20)22-10-15-19-12-6-4-5-7-13(12)23-15/h4-7,11,14H,8-10H2,1-3H3/t11-,14+/m1/s1. The van der Waals surface area contributed by atoms with Crippen molar-refractivity contribution in [2.45, 2.75) is 39.7 Å². The number of alkyl halides is 1. The summed E-state index contributed by atoms with van der Waals surface area (Å²) in [5.41, 5.74) is 0.909. The van der Waals surface area contributed by atoms with E-state index in [0.29, 0.717) is 11.5 Å². The van der Waals surface area contributed by atoms with E-state index in [1.165, 1.54) is 4.90 Å². The largest absolute Gasteiger partial charge is 0.438 e. The molecule has 0 N–H and O–H groups in total. The minimum atomic E-state index is -1.19. The summed E-state index contributed by atoms with van der Waals surface area (Å²) in [6, 6.07) is 7.41. The summed E-state index contributed by atoms with van der Waals surface area (Å²) in [4.78, 5) is 18.0. The molecule has 0 unspecified atom stereocenters. The van der Waals surface area contributed by atoms with Gasteiger partial charge in [0, 0.05) is 12.0 Å². The van der Waals surface area contributed by atoms with Gasteiger partial charge >= 0.3 is 0 Å². The Bertz CT molecular complexity index is 674. The second-order valence-electron chi connectivity index (χ2n) is 6.90. The third kappa shape index (κ3) is 3.37. The number of amides is 1. The molecule has 1 aromatic heterocycles. The molecule has 2 atom stereocenters. The molecule has 1 aliphatic rings. The molecule has 1 saturated heterocycles. The maximum atomic E-state index is 14.1. The predicted octanol–water partition coefficient (Wildman–Crippen LogP) is 2.94. The maximum Gasteiger partial charge on any atom is 0.228 e. The van der Waals surface area contributed by atoms with Crippen LogP contribution < -0.4 is 0 Å². The van der Waals surface area contributed by atoms with Crippen LogP contribution in [0.15, 0.2) is 28.7 Å². The van der Waals surface area contributed by atoms with Gasteiger partial charge in [0.2, 0.25) is 11.8 Å². The molecule has 2 aromatic rings. The summed E-state index contributed by atoms with van der Waals surface area (Å²) in [5.74, 6) is 0.354. The molecule has 1 fully saturated rings. The molecule has 5 nitrogen and oxygen atoms in total. The van der Waals surface area contributed by atoms with Crippen LogP contribution in [-0.4, -0.2) is 41.2 Å². The number of oxazole rings is 1. The summed E-state index contributed by atoms with van der Waals surface area (Å²) < 4.78 is 25.3. The van der Waals surface area contributed by atoms with Crippen molar-refractivity contribution in [2.24, 2.45) is 5.41 Å². The number of ether oxygens (including phenoxy) is 1. The van der Waals surface area contributed by atoms with Crippen molar-refractivity contribution in [1.29, 1.82) is 0 Å². The minimum Gasteiger partial charge on any atom is -0.438 e. The van der Waals surface area contributed by atoms with E-state index in [-0.39, 0.29) is 25.6 Å². The number of likely N-dealkylation sites (tertiary alicyclic amines) is 1. The first-order valence-electron chi connectivity index (χ1n) is 7.74. The Morgan fingerprint density at radius 2 is 2.13 bits per heavy atom. The van der Waals surface area contributed by atoms with E-state index in [1.807, 2.05) is 45.0 Å². The van der Waals surface area contributed by atoms with Gasteiger partial charge in [0.15, 0.2) is 5.58 Å². The molecule has 0 spiro atoms. The Balaban J connectivity index is 1.61. The number of para-hydroxylation sites is 2. The summed E-state index contributed by atoms with van der Waals surface area (Å²) in [6.07, 6.45) is -1.83. The van der Waals surface area contributed by atoms with E-state index in [4.69, 9.17) is 9.15 Å². The molecule has 23 heavy (non-hydrogen) atoms. The van der Waals surface area contributed by atoms with Crippen LogP contribution in [0.1, 0.15) is 26.7 Å². The second-order valence-corrected chi connectivity index (χ2v) is 6.90. The van der Waals surface area contributed by atoms with Crippen LogP contribution in [0.25, 0.3) is 11.1 Å². The molecule has 0 radical (unpaired) electrons. The number of rotatable bonds is 3. The van der Waals surface area contributed by atoms with Gasteiger partial charge in [-0.2, -0.15) is 0 Å². The van der Waals surface area contributed by atoms with Crippen molar-refractivity contribution < 1.29 is 18.3 Å². The minimum absolute atomic E-state index is 0.0619. The molecule has 0 bridgehead atoms. The zero-order valence-electron chi connectivity index (χ0n) is 13.6. The highest BCUT2D eigenvalue weighted by Crippen LogP contribution is 2.25. The Morgan fingerprint density at radius 3 is 2.83 bits per heavy atom. The molecular formula is C17H21FN2O3. The number of nitrogens with zero attached hydrogens (tertiary/aromatic N) is 2. The quantitative estimate of drug-likeness (QED) is 0.872. The highest BCUT2D eigenvalue weighted by Gasteiger charge is 2.39. The number of halogens is 1. The van der Waals surface area contributed by atoms with Gasteiger partial charge in [-0.15, -0.1) is 0 Å². The van der Waals surface area contributed by atoms with E-state index in [2.05, 4.69) is 4.98 Å². The Hall–Kier alpha value is -1.95. The number of hydrogen-bond acceptors (Lipinski definition) is 4. The molecule has 1 aliphatic heterocycles. The van der Waals surface area contributed by atoms with Crippen molar-refractivity contribution in [3.05, 3.63) is 30.2 Å². The normalized spacial score (nSPS) is 22.0. The molecule has 6 heteroatoms. The molecule has 124 valence electrons. The predicted molar refractivity (Wildman–Crippen MR) is 83.5 cm³/mol. The molecule has 0 saturated carbocycles. The van der Waals surface area contributed by atoms with Crippen LogP contribution in [-0.2, 0) is 16.1 Å². The van der Waals surface area contributed by atoms with Crippen LogP contribution in [0, 0.1) is 5.41 Å². The zero-order valence-corrected chi connectivity index (χ0v) is 13.6. The van der Waals surface area contributed by atoms with Gasteiger partial charge < -0.3 is 14.1 Å². The molecule has 3 rings (SSSR count). The van der Waals surface area contributed by atoms with Crippen LogP contribution >= 0.6 is 0 Å². The SMILES string of the molecule is CC(C)(C)C(=O)N1C[C@@H](F)[C@@H](OCc2nc3ccccc3o2)C1. The van der Waals surface area contributed by atoms with Gasteiger partial charge in [0.25, 0.3) is 0 Å². The zero-order chi connectivity index (χ0) is 16.6. The lowest BCUT2D eigenvalue weighted by Gasteiger charge is -2.25. The molecule has 1 amide bonds. The number of aromatic nitrogens is 1. The van der Waals surface area contributed by atoms with Crippen molar-refractivity contribution >= 4 is 17.0 Å². The monoisotopic (exact) mass is 320 g/mol. The highest BCUT2D eigenvalue weighted by molar-refractivity contribution is 5.81. The van der Waals surface area contributed by atoms with Gasteiger partial charge in [0.05, 0.1) is 6.54 Å². The van der Waals surface area contributed by atoms with Crippen LogP contribution in [0.4, 0.5) is 4.39 Å². The Morgan fingerprint density at radius 1 is 1.39 bits per heavy atom. The fourth-order valence-corrected chi connectivity index (χ4v) is 2.69. The molecule has 1 aromatic carbocycles. The van der Waals surface area contributed by atoms with E-state index in [9.17, 15) is 9.18 Å². The van der Waals surface area contributed by atoms with Gasteiger partial charge in [-0.25, -0.2) is 9.37 Å². The van der Waals surface area contributed by atoms with Crippen molar-refractivity contribution in [3.63, 3.8) is 0 Å². The number of carbonyl (C=O) groups excluding carboxylic acids is 1. The summed E-state index contributed by atoms with van der Waals surface area (Å²) >= 11 is 0. The first kappa shape index (κ1) is 15.9. The molecule has 2 heterocycles. The van der Waals surface area contributed by atoms with Gasteiger partial charge in [-0.3, -0.25) is 4.79 Å². The average molecular weight is 320 g/mol. The number of benzene rings is 1. The lowest BCUT2D eigenvalue weighted by Crippen LogP contribution is -2.38. The lowest BCUT2D eigenvalue weighted by atomic mass is 9.95. The van der Waals surface area contributed by atoms with E-state index < -0.39 is 17.7 Å². The second kappa shape index (κ2) is 5.92. The Labute approximate surface area is 134 Å². The first-order chi connectivity index (χ1) is 10.8. The van der Waals surface area contributed by atoms with Crippen molar-refractivity contribution in [3.8, 4) is 0 Å². The summed E-state index contributed by atoms with van der Waals surface area (Å²) in [5, 5.41) is 0. The van der Waals surface area contributed by atoms with Gasteiger partial charge in [-0.05, 0) is 12.1 Å². The lowest BCUT2D eigenvalue weighted by molar-refractivity contribution is -0.139. The van der Waals surface area contributed by atoms with Crippen molar-refractivity contribution in [1.82, 2.24) is 9.88 Å². The highest BCUT2D eigenvalue weighted by atomic mass is 19.1. The fourth-order valence-electron chi connectivity index (χ4n) is 2.69. The van der Waals surface area contributed by atoms with Gasteiger partial charge in [-0.1, -0.05) is 32.9 Å². The summed E-state index contributed by atoms with van der Waals surface area (Å²) in [7, 11) is 0. The van der Waals surface area contributed by atoms with Crippen LogP contribution in [0.5, 0.6) is 0 Å². The van der Waals surface area contributed by atoms with E-state index in [1.54, 1.807) is 0 Å². The van der Waals surface area contributed by atoms with Crippen LogP contribution in [0.2, 0.25) is 0 Å². The number of hydrogen-bond donors (Lipinski definition) is 0. The number of carbonyl (C=O) groups is 1. The average Bonchev–Trinajstić information content (AvgIpc) is 3.06. The first-order valence-corrected chi connectivity index (χ1v) is 7.74. The smallest absolute Gasteiger partial charge is 0.228 e. The number of fused-ring (bicyclic) bond motifs is 1. The maximum absolute atomic E-state index is 14.1. The molecule has 0 aliphatic carbocycles. The van der Waals surface area contributed by atoms with E-state index >= 15 is 0 Å².